The number of rotatable bonds is 9. The standard InChI is InChI=1S/C32H34FN5O4/c1-22-30(32(40)37(35(22)2)28-11-7-27(33)8-12-28)21-26(6-3-23-4-9-29(10-5-23)38(41)42)24-15-19-36(20-16-24)31(39)25-13-17-34-18-14-25/h4-5,7-14,17-18,24,26H,3,6,15-16,19-21H2,1-2H3. The van der Waals surface area contributed by atoms with Crippen LogP contribution in [0.1, 0.15) is 46.4 Å². The van der Waals surface area contributed by atoms with Gasteiger partial charge in [0.2, 0.25) is 0 Å². The Bertz CT molecular complexity index is 1610. The number of nitro benzene ring substituents is 1. The summed E-state index contributed by atoms with van der Waals surface area (Å²) in [7, 11) is 1.83. The molecule has 42 heavy (non-hydrogen) atoms. The van der Waals surface area contributed by atoms with Crippen LogP contribution in [0.3, 0.4) is 0 Å². The highest BCUT2D eigenvalue weighted by Gasteiger charge is 2.31. The van der Waals surface area contributed by atoms with E-state index < -0.39 is 4.92 Å². The lowest BCUT2D eigenvalue weighted by atomic mass is 9.77. The second-order valence-corrected chi connectivity index (χ2v) is 11.0. The summed E-state index contributed by atoms with van der Waals surface area (Å²) < 4.78 is 17.0. The minimum atomic E-state index is -0.405. The fourth-order valence-corrected chi connectivity index (χ4v) is 6.03. The van der Waals surface area contributed by atoms with Gasteiger partial charge in [0.1, 0.15) is 5.82 Å². The molecule has 0 spiro atoms. The number of amides is 1. The van der Waals surface area contributed by atoms with Crippen LogP contribution in [0.25, 0.3) is 5.69 Å². The molecule has 3 heterocycles. The highest BCUT2D eigenvalue weighted by molar-refractivity contribution is 5.94. The van der Waals surface area contributed by atoms with Gasteiger partial charge in [-0.3, -0.25) is 29.4 Å². The van der Waals surface area contributed by atoms with Crippen molar-refractivity contribution < 1.29 is 14.1 Å². The molecule has 2 aromatic carbocycles. The van der Waals surface area contributed by atoms with Crippen molar-refractivity contribution in [3.05, 3.63) is 122 Å². The summed E-state index contributed by atoms with van der Waals surface area (Å²) in [6, 6.07) is 16.0. The number of benzene rings is 2. The molecule has 4 aromatic rings. The number of hydrogen-bond acceptors (Lipinski definition) is 5. The van der Waals surface area contributed by atoms with Gasteiger partial charge in [-0.25, -0.2) is 9.07 Å². The van der Waals surface area contributed by atoms with Crippen molar-refractivity contribution in [1.29, 1.82) is 0 Å². The Morgan fingerprint density at radius 3 is 2.31 bits per heavy atom. The van der Waals surface area contributed by atoms with E-state index >= 15 is 0 Å². The number of nitro groups is 1. The fraction of sp³-hybridized carbons (Fsp3) is 0.344. The van der Waals surface area contributed by atoms with E-state index in [4.69, 9.17) is 0 Å². The Morgan fingerprint density at radius 1 is 1.05 bits per heavy atom. The highest BCUT2D eigenvalue weighted by Crippen LogP contribution is 2.32. The molecule has 1 saturated heterocycles. The second kappa shape index (κ2) is 12.5. The second-order valence-electron chi connectivity index (χ2n) is 11.0. The zero-order chi connectivity index (χ0) is 29.8. The largest absolute Gasteiger partial charge is 0.339 e. The lowest BCUT2D eigenvalue weighted by Crippen LogP contribution is -2.40. The summed E-state index contributed by atoms with van der Waals surface area (Å²) in [5, 5.41) is 11.1. The van der Waals surface area contributed by atoms with Crippen LogP contribution in [0, 0.1) is 34.7 Å². The molecule has 0 aliphatic carbocycles. The number of hydrogen-bond donors (Lipinski definition) is 0. The zero-order valence-corrected chi connectivity index (χ0v) is 23.8. The number of nitrogens with zero attached hydrogens (tertiary/aromatic N) is 5. The van der Waals surface area contributed by atoms with Gasteiger partial charge < -0.3 is 4.90 Å². The molecule has 218 valence electrons. The van der Waals surface area contributed by atoms with Crippen LogP contribution in [-0.2, 0) is 19.9 Å². The van der Waals surface area contributed by atoms with E-state index in [-0.39, 0.29) is 28.9 Å². The van der Waals surface area contributed by atoms with Crippen molar-refractivity contribution in [3.63, 3.8) is 0 Å². The molecular weight excluding hydrogens is 537 g/mol. The first-order valence-electron chi connectivity index (χ1n) is 14.2. The monoisotopic (exact) mass is 571 g/mol. The van der Waals surface area contributed by atoms with E-state index in [1.165, 1.54) is 24.3 Å². The van der Waals surface area contributed by atoms with Crippen molar-refractivity contribution in [2.24, 2.45) is 18.9 Å². The van der Waals surface area contributed by atoms with E-state index in [1.807, 2.05) is 23.6 Å². The molecule has 9 nitrogen and oxygen atoms in total. The summed E-state index contributed by atoms with van der Waals surface area (Å²) >= 11 is 0. The molecule has 1 aliphatic rings. The minimum absolute atomic E-state index is 0.000585. The maximum absolute atomic E-state index is 13.7. The van der Waals surface area contributed by atoms with Gasteiger partial charge in [0.15, 0.2) is 0 Å². The van der Waals surface area contributed by atoms with Crippen LogP contribution >= 0.6 is 0 Å². The number of aromatic nitrogens is 3. The smallest absolute Gasteiger partial charge is 0.274 e. The molecule has 2 aromatic heterocycles. The van der Waals surface area contributed by atoms with Gasteiger partial charge in [0, 0.05) is 61.5 Å². The number of pyridine rings is 1. The van der Waals surface area contributed by atoms with E-state index in [0.717, 1.165) is 42.5 Å². The van der Waals surface area contributed by atoms with E-state index in [9.17, 15) is 24.1 Å². The van der Waals surface area contributed by atoms with Crippen molar-refractivity contribution in [2.45, 2.75) is 39.0 Å². The maximum Gasteiger partial charge on any atom is 0.274 e. The number of aryl methyl sites for hydroxylation is 1. The molecule has 5 rings (SSSR count). The minimum Gasteiger partial charge on any atom is -0.339 e. The molecule has 0 N–H and O–H groups in total. The first-order valence-corrected chi connectivity index (χ1v) is 14.2. The topological polar surface area (TPSA) is 103 Å². The van der Waals surface area contributed by atoms with Gasteiger partial charge in [0.25, 0.3) is 17.2 Å². The van der Waals surface area contributed by atoms with Crippen LogP contribution in [0.2, 0.25) is 0 Å². The summed E-state index contributed by atoms with van der Waals surface area (Å²) in [6.07, 6.45) is 6.97. The molecule has 0 bridgehead atoms. The van der Waals surface area contributed by atoms with Crippen molar-refractivity contribution >= 4 is 11.6 Å². The Kier molecular flexibility index (Phi) is 8.61. The summed E-state index contributed by atoms with van der Waals surface area (Å²) in [4.78, 5) is 43.3. The van der Waals surface area contributed by atoms with E-state index in [0.29, 0.717) is 36.7 Å². The SMILES string of the molecule is Cc1c(CC(CCc2ccc([N+](=O)[O-])cc2)C2CCN(C(=O)c3ccncc3)CC2)c(=O)n(-c2ccc(F)cc2)n1C. The number of halogens is 1. The Morgan fingerprint density at radius 2 is 1.69 bits per heavy atom. The average molecular weight is 572 g/mol. The molecule has 1 atom stereocenters. The molecule has 0 radical (unpaired) electrons. The zero-order valence-electron chi connectivity index (χ0n) is 23.8. The van der Waals surface area contributed by atoms with Crippen molar-refractivity contribution in [3.8, 4) is 5.69 Å². The molecule has 10 heteroatoms. The number of carbonyl (C=O) groups excluding carboxylic acids is 1. The van der Waals surface area contributed by atoms with Crippen molar-refractivity contribution in [1.82, 2.24) is 19.2 Å². The fourth-order valence-electron chi connectivity index (χ4n) is 6.03. The van der Waals surface area contributed by atoms with Crippen molar-refractivity contribution in [2.75, 3.05) is 13.1 Å². The van der Waals surface area contributed by atoms with Gasteiger partial charge in [-0.2, -0.15) is 0 Å². The highest BCUT2D eigenvalue weighted by atomic mass is 19.1. The summed E-state index contributed by atoms with van der Waals surface area (Å²) in [5.74, 6) is 0.0917. The van der Waals surface area contributed by atoms with Gasteiger partial charge in [0.05, 0.1) is 10.6 Å². The molecule has 1 fully saturated rings. The molecule has 0 saturated carbocycles. The van der Waals surface area contributed by atoms with Crippen LogP contribution < -0.4 is 5.56 Å². The van der Waals surface area contributed by atoms with Crippen LogP contribution in [0.4, 0.5) is 10.1 Å². The predicted molar refractivity (Wildman–Crippen MR) is 157 cm³/mol. The average Bonchev–Trinajstić information content (AvgIpc) is 3.22. The number of carbonyl (C=O) groups is 1. The van der Waals surface area contributed by atoms with E-state index in [2.05, 4.69) is 4.98 Å². The third kappa shape index (κ3) is 6.17. The first kappa shape index (κ1) is 28.9. The first-order chi connectivity index (χ1) is 20.2. The lowest BCUT2D eigenvalue weighted by molar-refractivity contribution is -0.384. The van der Waals surface area contributed by atoms with Crippen LogP contribution in [0.5, 0.6) is 0 Å². The third-order valence-corrected chi connectivity index (χ3v) is 8.58. The third-order valence-electron chi connectivity index (χ3n) is 8.58. The molecular formula is C32H34FN5O4. The number of likely N-dealkylation sites (tertiary alicyclic amines) is 1. The predicted octanol–water partition coefficient (Wildman–Crippen LogP) is 5.27. The van der Waals surface area contributed by atoms with Gasteiger partial charge >= 0.3 is 0 Å². The van der Waals surface area contributed by atoms with Crippen LogP contribution in [0.15, 0.2) is 77.9 Å². The quantitative estimate of drug-likeness (QED) is 0.201. The molecule has 1 unspecified atom stereocenters. The number of non-ortho nitro benzene ring substituents is 1. The van der Waals surface area contributed by atoms with E-state index in [1.54, 1.807) is 53.5 Å². The van der Waals surface area contributed by atoms with Gasteiger partial charge in [-0.15, -0.1) is 0 Å². The Balaban J connectivity index is 1.37. The Hall–Kier alpha value is -4.60. The Labute approximate surface area is 243 Å². The summed E-state index contributed by atoms with van der Waals surface area (Å²) in [6.45, 7) is 3.20. The normalized spacial score (nSPS) is 14.6. The number of piperidine rings is 1. The van der Waals surface area contributed by atoms with Gasteiger partial charge in [-0.1, -0.05) is 12.1 Å². The lowest BCUT2D eigenvalue weighted by Gasteiger charge is -2.36. The molecule has 1 amide bonds. The van der Waals surface area contributed by atoms with Crippen LogP contribution in [-0.4, -0.2) is 43.2 Å². The molecule has 1 aliphatic heterocycles. The maximum atomic E-state index is 13.7. The summed E-state index contributed by atoms with van der Waals surface area (Å²) in [5.41, 5.74) is 3.75. The van der Waals surface area contributed by atoms with Gasteiger partial charge in [-0.05, 0) is 92.8 Å².